The van der Waals surface area contributed by atoms with Gasteiger partial charge in [-0.2, -0.15) is 0 Å². The number of aliphatic hydroxyl groups is 2. The Labute approximate surface area is 117 Å². The first-order valence-electron chi connectivity index (χ1n) is 8.27. The lowest BCUT2D eigenvalue weighted by atomic mass is 9.77. The van der Waals surface area contributed by atoms with E-state index in [1.165, 1.54) is 44.9 Å². The molecule has 0 heterocycles. The van der Waals surface area contributed by atoms with E-state index in [-0.39, 0.29) is 0 Å². The molecule has 0 aliphatic heterocycles. The zero-order chi connectivity index (χ0) is 13.5. The maximum atomic E-state index is 8.85. The number of hydrogen-bond acceptors (Lipinski definition) is 2. The number of hydrogen-bond donors (Lipinski definition) is 2. The van der Waals surface area contributed by atoms with Crippen LogP contribution in [0.3, 0.4) is 0 Å². The Morgan fingerprint density at radius 3 is 1.58 bits per heavy atom. The van der Waals surface area contributed by atoms with Gasteiger partial charge in [-0.05, 0) is 55.8 Å². The number of fused-ring (bicyclic) bond motifs is 2. The Kier molecular flexibility index (Phi) is 6.39. The fourth-order valence-corrected chi connectivity index (χ4v) is 4.22. The molecule has 0 radical (unpaired) electrons. The number of aliphatic hydroxyl groups excluding tert-OH is 2. The summed E-state index contributed by atoms with van der Waals surface area (Å²) in [6.07, 6.45) is 15.9. The first-order valence-corrected chi connectivity index (χ1v) is 8.27. The second-order valence-electron chi connectivity index (χ2n) is 6.42. The molecule has 0 amide bonds. The SMILES string of the molecule is OCCCCCC1C2C=CC(C2)C1CCCCCO. The summed E-state index contributed by atoms with van der Waals surface area (Å²) < 4.78 is 0. The molecule has 0 aromatic heterocycles. The van der Waals surface area contributed by atoms with Crippen molar-refractivity contribution in [2.24, 2.45) is 23.7 Å². The molecule has 0 saturated heterocycles. The average molecular weight is 266 g/mol. The summed E-state index contributed by atoms with van der Waals surface area (Å²) in [5, 5.41) is 17.7. The van der Waals surface area contributed by atoms with Crippen molar-refractivity contribution in [3.05, 3.63) is 12.2 Å². The lowest BCUT2D eigenvalue weighted by Gasteiger charge is -2.28. The van der Waals surface area contributed by atoms with Gasteiger partial charge in [0.05, 0.1) is 0 Å². The average Bonchev–Trinajstić information content (AvgIpc) is 3.01. The van der Waals surface area contributed by atoms with Gasteiger partial charge in [-0.15, -0.1) is 0 Å². The van der Waals surface area contributed by atoms with Crippen LogP contribution in [0.2, 0.25) is 0 Å². The molecular formula is C17H30O2. The third-order valence-electron chi connectivity index (χ3n) is 5.19. The largest absolute Gasteiger partial charge is 0.396 e. The van der Waals surface area contributed by atoms with Gasteiger partial charge in [0.15, 0.2) is 0 Å². The zero-order valence-electron chi connectivity index (χ0n) is 12.1. The highest BCUT2D eigenvalue weighted by atomic mass is 16.3. The van der Waals surface area contributed by atoms with E-state index in [9.17, 15) is 0 Å². The normalized spacial score (nSPS) is 32.3. The summed E-state index contributed by atoms with van der Waals surface area (Å²) in [6, 6.07) is 0. The van der Waals surface area contributed by atoms with Crippen LogP contribution < -0.4 is 0 Å². The van der Waals surface area contributed by atoms with Crippen molar-refractivity contribution >= 4 is 0 Å². The molecule has 4 unspecified atom stereocenters. The Balaban J connectivity index is 1.73. The molecule has 19 heavy (non-hydrogen) atoms. The van der Waals surface area contributed by atoms with E-state index in [1.54, 1.807) is 0 Å². The Hall–Kier alpha value is -0.340. The predicted molar refractivity (Wildman–Crippen MR) is 78.8 cm³/mol. The topological polar surface area (TPSA) is 40.5 Å². The Morgan fingerprint density at radius 2 is 1.16 bits per heavy atom. The van der Waals surface area contributed by atoms with Crippen molar-refractivity contribution in [1.82, 2.24) is 0 Å². The van der Waals surface area contributed by atoms with E-state index in [0.717, 1.165) is 36.5 Å². The highest BCUT2D eigenvalue weighted by Gasteiger charge is 2.42. The molecular weight excluding hydrogens is 236 g/mol. The molecule has 110 valence electrons. The third kappa shape index (κ3) is 4.06. The standard InChI is InChI=1S/C17H30O2/c18-11-5-1-3-7-16-14-9-10-15(13-14)17(16)8-4-2-6-12-19/h9-10,14-19H,1-8,11-13H2. The summed E-state index contributed by atoms with van der Waals surface area (Å²) >= 11 is 0. The van der Waals surface area contributed by atoms with Gasteiger partial charge in [-0.3, -0.25) is 0 Å². The van der Waals surface area contributed by atoms with E-state index >= 15 is 0 Å². The minimum Gasteiger partial charge on any atom is -0.396 e. The Bertz CT molecular complexity index is 248. The quantitative estimate of drug-likeness (QED) is 0.469. The van der Waals surface area contributed by atoms with Crippen LogP contribution in [0.15, 0.2) is 12.2 Å². The van der Waals surface area contributed by atoms with E-state index in [2.05, 4.69) is 12.2 Å². The van der Waals surface area contributed by atoms with Crippen molar-refractivity contribution in [3.8, 4) is 0 Å². The van der Waals surface area contributed by atoms with Crippen molar-refractivity contribution in [2.75, 3.05) is 13.2 Å². The molecule has 2 rings (SSSR count). The number of allylic oxidation sites excluding steroid dienone is 2. The Morgan fingerprint density at radius 1 is 0.684 bits per heavy atom. The first kappa shape index (κ1) is 15.1. The number of unbranched alkanes of at least 4 members (excludes halogenated alkanes) is 4. The predicted octanol–water partition coefficient (Wildman–Crippen LogP) is 3.53. The molecule has 2 nitrogen and oxygen atoms in total. The van der Waals surface area contributed by atoms with Crippen molar-refractivity contribution in [2.45, 2.75) is 57.8 Å². The van der Waals surface area contributed by atoms with Gasteiger partial charge in [0.25, 0.3) is 0 Å². The smallest absolute Gasteiger partial charge is 0.0431 e. The highest BCUT2D eigenvalue weighted by Crippen LogP contribution is 2.51. The van der Waals surface area contributed by atoms with E-state index in [4.69, 9.17) is 10.2 Å². The van der Waals surface area contributed by atoms with Crippen LogP contribution in [-0.4, -0.2) is 23.4 Å². The maximum Gasteiger partial charge on any atom is 0.0431 e. The van der Waals surface area contributed by atoms with Crippen LogP contribution in [0, 0.1) is 23.7 Å². The summed E-state index contributed by atoms with van der Waals surface area (Å²) in [5.74, 6) is 3.51. The van der Waals surface area contributed by atoms with Gasteiger partial charge in [-0.25, -0.2) is 0 Å². The summed E-state index contributed by atoms with van der Waals surface area (Å²) in [7, 11) is 0. The van der Waals surface area contributed by atoms with Gasteiger partial charge in [0.1, 0.15) is 0 Å². The van der Waals surface area contributed by atoms with E-state index in [0.29, 0.717) is 13.2 Å². The molecule has 2 aliphatic rings. The maximum absolute atomic E-state index is 8.85. The van der Waals surface area contributed by atoms with Gasteiger partial charge in [0.2, 0.25) is 0 Å². The molecule has 0 aromatic carbocycles. The molecule has 1 saturated carbocycles. The van der Waals surface area contributed by atoms with Crippen molar-refractivity contribution < 1.29 is 10.2 Å². The van der Waals surface area contributed by atoms with Gasteiger partial charge in [-0.1, -0.05) is 37.8 Å². The van der Waals surface area contributed by atoms with Crippen LogP contribution in [-0.2, 0) is 0 Å². The lowest BCUT2D eigenvalue weighted by molar-refractivity contribution is 0.244. The van der Waals surface area contributed by atoms with Crippen LogP contribution in [0.1, 0.15) is 57.8 Å². The third-order valence-corrected chi connectivity index (χ3v) is 5.19. The first-order chi connectivity index (χ1) is 9.36. The monoisotopic (exact) mass is 266 g/mol. The van der Waals surface area contributed by atoms with Gasteiger partial charge < -0.3 is 10.2 Å². The second kappa shape index (κ2) is 8.06. The molecule has 4 atom stereocenters. The molecule has 0 spiro atoms. The van der Waals surface area contributed by atoms with Gasteiger partial charge >= 0.3 is 0 Å². The molecule has 0 aromatic rings. The lowest BCUT2D eigenvalue weighted by Crippen LogP contribution is -2.19. The molecule has 2 heteroatoms. The fraction of sp³-hybridized carbons (Fsp3) is 0.882. The summed E-state index contributed by atoms with van der Waals surface area (Å²) in [5.41, 5.74) is 0. The van der Waals surface area contributed by atoms with Crippen LogP contribution >= 0.6 is 0 Å². The fourth-order valence-electron chi connectivity index (χ4n) is 4.22. The molecule has 2 aliphatic carbocycles. The zero-order valence-corrected chi connectivity index (χ0v) is 12.1. The minimum absolute atomic E-state index is 0.348. The van der Waals surface area contributed by atoms with E-state index < -0.39 is 0 Å². The minimum atomic E-state index is 0.348. The molecule has 2 N–H and O–H groups in total. The summed E-state index contributed by atoms with van der Waals surface area (Å²) in [4.78, 5) is 0. The van der Waals surface area contributed by atoms with E-state index in [1.807, 2.05) is 0 Å². The van der Waals surface area contributed by atoms with Crippen LogP contribution in [0.5, 0.6) is 0 Å². The molecule has 2 bridgehead atoms. The highest BCUT2D eigenvalue weighted by molar-refractivity contribution is 5.13. The van der Waals surface area contributed by atoms with Crippen LogP contribution in [0.4, 0.5) is 0 Å². The van der Waals surface area contributed by atoms with Crippen LogP contribution in [0.25, 0.3) is 0 Å². The summed E-state index contributed by atoms with van der Waals surface area (Å²) in [6.45, 7) is 0.697. The number of rotatable bonds is 10. The van der Waals surface area contributed by atoms with Gasteiger partial charge in [0, 0.05) is 13.2 Å². The molecule has 1 fully saturated rings. The van der Waals surface area contributed by atoms with Crippen molar-refractivity contribution in [1.29, 1.82) is 0 Å². The van der Waals surface area contributed by atoms with Crippen molar-refractivity contribution in [3.63, 3.8) is 0 Å². The second-order valence-corrected chi connectivity index (χ2v) is 6.42.